The van der Waals surface area contributed by atoms with Gasteiger partial charge in [-0.15, -0.1) is 0 Å². The van der Waals surface area contributed by atoms with Crippen molar-refractivity contribution in [3.05, 3.63) is 12.4 Å². The number of ether oxygens (including phenoxy) is 1. The Morgan fingerprint density at radius 3 is 3.00 bits per heavy atom. The summed E-state index contributed by atoms with van der Waals surface area (Å²) in [6.07, 6.45) is 7.83. The van der Waals surface area contributed by atoms with Gasteiger partial charge in [-0.3, -0.25) is 4.68 Å². The Hall–Kier alpha value is -1.03. The fourth-order valence-corrected chi connectivity index (χ4v) is 2.49. The van der Waals surface area contributed by atoms with Crippen LogP contribution >= 0.6 is 0 Å². The second kappa shape index (κ2) is 6.23. The van der Waals surface area contributed by atoms with Crippen LogP contribution in [0.4, 0.5) is 5.69 Å². The van der Waals surface area contributed by atoms with Crippen LogP contribution in [-0.4, -0.2) is 28.5 Å². The fourth-order valence-electron chi connectivity index (χ4n) is 2.49. The quantitative estimate of drug-likeness (QED) is 0.845. The molecule has 0 radical (unpaired) electrons. The molecule has 102 valence electrons. The van der Waals surface area contributed by atoms with Crippen molar-refractivity contribution in [2.24, 2.45) is 5.92 Å². The van der Waals surface area contributed by atoms with Crippen molar-refractivity contribution in [3.8, 4) is 0 Å². The van der Waals surface area contributed by atoms with Crippen molar-refractivity contribution in [3.63, 3.8) is 0 Å². The molecule has 0 amide bonds. The van der Waals surface area contributed by atoms with Gasteiger partial charge in [0.05, 0.1) is 24.5 Å². The van der Waals surface area contributed by atoms with Gasteiger partial charge in [-0.25, -0.2) is 0 Å². The molecule has 2 unspecified atom stereocenters. The maximum absolute atomic E-state index is 5.63. The van der Waals surface area contributed by atoms with E-state index in [4.69, 9.17) is 4.74 Å². The van der Waals surface area contributed by atoms with Gasteiger partial charge in [0.2, 0.25) is 0 Å². The van der Waals surface area contributed by atoms with E-state index in [0.29, 0.717) is 18.1 Å². The molecule has 2 atom stereocenters. The Morgan fingerprint density at radius 2 is 2.39 bits per heavy atom. The second-order valence-electron chi connectivity index (χ2n) is 5.49. The molecule has 1 saturated heterocycles. The lowest BCUT2D eigenvalue weighted by atomic mass is 10.0. The maximum atomic E-state index is 5.63. The SMILES string of the molecule is CCC(Nc1cnn(CC2CCCO2)c1)C(C)C. The van der Waals surface area contributed by atoms with Crippen LogP contribution in [0.2, 0.25) is 0 Å². The zero-order chi connectivity index (χ0) is 13.0. The minimum atomic E-state index is 0.352. The van der Waals surface area contributed by atoms with Gasteiger partial charge < -0.3 is 10.1 Å². The van der Waals surface area contributed by atoms with Crippen LogP contribution < -0.4 is 5.32 Å². The third-order valence-corrected chi connectivity index (χ3v) is 3.64. The lowest BCUT2D eigenvalue weighted by Crippen LogP contribution is -2.24. The first-order chi connectivity index (χ1) is 8.69. The molecule has 1 aliphatic rings. The second-order valence-corrected chi connectivity index (χ2v) is 5.49. The number of hydrogen-bond donors (Lipinski definition) is 1. The summed E-state index contributed by atoms with van der Waals surface area (Å²) in [5, 5.41) is 7.95. The summed E-state index contributed by atoms with van der Waals surface area (Å²) in [4.78, 5) is 0. The molecule has 1 aromatic rings. The molecule has 2 heterocycles. The van der Waals surface area contributed by atoms with Crippen LogP contribution in [0.1, 0.15) is 40.0 Å². The molecule has 0 aliphatic carbocycles. The smallest absolute Gasteiger partial charge is 0.0771 e. The molecular weight excluding hydrogens is 226 g/mol. The predicted molar refractivity (Wildman–Crippen MR) is 73.7 cm³/mol. The summed E-state index contributed by atoms with van der Waals surface area (Å²) in [5.41, 5.74) is 1.12. The van der Waals surface area contributed by atoms with Crippen molar-refractivity contribution in [2.45, 2.75) is 58.7 Å². The highest BCUT2D eigenvalue weighted by Crippen LogP contribution is 2.17. The van der Waals surface area contributed by atoms with Gasteiger partial charge in [0.25, 0.3) is 0 Å². The molecule has 0 saturated carbocycles. The normalized spacial score (nSPS) is 21.4. The van der Waals surface area contributed by atoms with E-state index in [1.165, 1.54) is 6.42 Å². The zero-order valence-electron chi connectivity index (χ0n) is 11.7. The van der Waals surface area contributed by atoms with Gasteiger partial charge in [-0.2, -0.15) is 5.10 Å². The molecule has 0 bridgehead atoms. The minimum absolute atomic E-state index is 0.352. The molecule has 18 heavy (non-hydrogen) atoms. The molecule has 1 N–H and O–H groups in total. The van der Waals surface area contributed by atoms with Gasteiger partial charge in [0, 0.05) is 18.8 Å². The lowest BCUT2D eigenvalue weighted by molar-refractivity contribution is 0.0940. The Kier molecular flexibility index (Phi) is 4.64. The van der Waals surface area contributed by atoms with Crippen LogP contribution in [-0.2, 0) is 11.3 Å². The van der Waals surface area contributed by atoms with Crippen LogP contribution in [0.15, 0.2) is 12.4 Å². The Balaban J connectivity index is 1.88. The average Bonchev–Trinajstić information content (AvgIpc) is 2.98. The highest BCUT2D eigenvalue weighted by molar-refractivity contribution is 5.39. The largest absolute Gasteiger partial charge is 0.380 e. The summed E-state index contributed by atoms with van der Waals surface area (Å²) in [6, 6.07) is 0.519. The van der Waals surface area contributed by atoms with Crippen LogP contribution in [0.5, 0.6) is 0 Å². The summed E-state index contributed by atoms with van der Waals surface area (Å²) >= 11 is 0. The van der Waals surface area contributed by atoms with E-state index in [1.54, 1.807) is 0 Å². The van der Waals surface area contributed by atoms with Gasteiger partial charge in [-0.05, 0) is 25.2 Å². The molecule has 0 aromatic carbocycles. The van der Waals surface area contributed by atoms with Gasteiger partial charge >= 0.3 is 0 Å². The third kappa shape index (κ3) is 3.48. The standard InChI is InChI=1S/C14H25N3O/c1-4-14(11(2)3)16-12-8-15-17(9-12)10-13-6-5-7-18-13/h8-9,11,13-14,16H,4-7,10H2,1-3H3. The molecule has 4 nitrogen and oxygen atoms in total. The summed E-state index contributed by atoms with van der Waals surface area (Å²) in [7, 11) is 0. The lowest BCUT2D eigenvalue weighted by Gasteiger charge is -2.20. The third-order valence-electron chi connectivity index (χ3n) is 3.64. The van der Waals surface area contributed by atoms with E-state index >= 15 is 0 Å². The Bertz CT molecular complexity index is 356. The van der Waals surface area contributed by atoms with Crippen molar-refractivity contribution in [2.75, 3.05) is 11.9 Å². The number of aromatic nitrogens is 2. The van der Waals surface area contributed by atoms with Crippen molar-refractivity contribution < 1.29 is 4.74 Å². The zero-order valence-corrected chi connectivity index (χ0v) is 11.7. The summed E-state index contributed by atoms with van der Waals surface area (Å²) < 4.78 is 7.62. The van der Waals surface area contributed by atoms with Crippen molar-refractivity contribution >= 4 is 5.69 Å². The van der Waals surface area contributed by atoms with E-state index in [0.717, 1.165) is 31.7 Å². The topological polar surface area (TPSA) is 39.1 Å². The van der Waals surface area contributed by atoms with Crippen LogP contribution in [0.3, 0.4) is 0 Å². The molecule has 1 aromatic heterocycles. The van der Waals surface area contributed by atoms with Gasteiger partial charge in [-0.1, -0.05) is 20.8 Å². The first kappa shape index (κ1) is 13.4. The minimum Gasteiger partial charge on any atom is -0.380 e. The van der Waals surface area contributed by atoms with E-state index in [1.807, 2.05) is 10.9 Å². The molecular formula is C14H25N3O. The number of rotatable bonds is 6. The Labute approximate surface area is 110 Å². The van der Waals surface area contributed by atoms with E-state index in [2.05, 4.69) is 37.4 Å². The van der Waals surface area contributed by atoms with Gasteiger partial charge in [0.15, 0.2) is 0 Å². The molecule has 0 spiro atoms. The number of nitrogens with zero attached hydrogens (tertiary/aromatic N) is 2. The van der Waals surface area contributed by atoms with Crippen molar-refractivity contribution in [1.29, 1.82) is 0 Å². The number of nitrogens with one attached hydrogen (secondary N) is 1. The monoisotopic (exact) mass is 251 g/mol. The number of hydrogen-bond acceptors (Lipinski definition) is 3. The Morgan fingerprint density at radius 1 is 1.56 bits per heavy atom. The number of anilines is 1. The summed E-state index contributed by atoms with van der Waals surface area (Å²) in [5.74, 6) is 0.636. The summed E-state index contributed by atoms with van der Waals surface area (Å²) in [6.45, 7) is 8.49. The molecule has 2 rings (SSSR count). The van der Waals surface area contributed by atoms with Crippen LogP contribution in [0, 0.1) is 5.92 Å². The molecule has 1 aliphatic heterocycles. The fraction of sp³-hybridized carbons (Fsp3) is 0.786. The van der Waals surface area contributed by atoms with E-state index < -0.39 is 0 Å². The van der Waals surface area contributed by atoms with Gasteiger partial charge in [0.1, 0.15) is 0 Å². The van der Waals surface area contributed by atoms with Crippen LogP contribution in [0.25, 0.3) is 0 Å². The average molecular weight is 251 g/mol. The van der Waals surface area contributed by atoms with Crippen molar-refractivity contribution in [1.82, 2.24) is 9.78 Å². The maximum Gasteiger partial charge on any atom is 0.0771 e. The molecule has 1 fully saturated rings. The predicted octanol–water partition coefficient (Wildman–Crippen LogP) is 2.91. The molecule has 4 heteroatoms. The van der Waals surface area contributed by atoms with E-state index in [-0.39, 0.29) is 0 Å². The first-order valence-corrected chi connectivity index (χ1v) is 7.09. The highest BCUT2D eigenvalue weighted by atomic mass is 16.5. The van der Waals surface area contributed by atoms with E-state index in [9.17, 15) is 0 Å². The first-order valence-electron chi connectivity index (χ1n) is 7.09. The highest BCUT2D eigenvalue weighted by Gasteiger charge is 2.17.